The number of esters is 4. The number of benzene rings is 4. The van der Waals surface area contributed by atoms with Gasteiger partial charge < -0.3 is 79.3 Å². The van der Waals surface area contributed by atoms with E-state index in [1.165, 1.54) is 11.1 Å². The van der Waals surface area contributed by atoms with E-state index < -0.39 is 78.6 Å². The number of alkyl halides is 6. The Balaban J connectivity index is 0.00000112. The van der Waals surface area contributed by atoms with Gasteiger partial charge in [-0.2, -0.15) is 0 Å². The molecule has 0 aliphatic heterocycles. The van der Waals surface area contributed by atoms with Crippen LogP contribution < -0.4 is 31.9 Å². The van der Waals surface area contributed by atoms with Gasteiger partial charge in [0.25, 0.3) is 0 Å². The summed E-state index contributed by atoms with van der Waals surface area (Å²) in [6.07, 6.45) is -1.47. The fourth-order valence-electron chi connectivity index (χ4n) is 7.59. The van der Waals surface area contributed by atoms with Gasteiger partial charge >= 0.3 is 60.4 Å². The first kappa shape index (κ1) is 87.1. The van der Waals surface area contributed by atoms with Gasteiger partial charge in [0, 0.05) is 19.4 Å². The van der Waals surface area contributed by atoms with Crippen LogP contribution in [0.3, 0.4) is 0 Å². The number of hydrogen-bond acceptors (Lipinski definition) is 20. The number of alkyl carbamates (subject to hydrolysis) is 6. The van der Waals surface area contributed by atoms with E-state index in [-0.39, 0.29) is 93.7 Å². The highest BCUT2D eigenvalue weighted by Crippen LogP contribution is 2.30. The first-order chi connectivity index (χ1) is 45.6. The molecule has 26 nitrogen and oxygen atoms in total. The normalized spacial score (nSPS) is 12.4. The second kappa shape index (κ2) is 55.4. The number of rotatable bonds is 27. The molecule has 0 saturated carbocycles. The number of ether oxygens (including phenoxy) is 10. The molecule has 528 valence electrons. The molecule has 0 radical (unpaired) electrons. The van der Waals surface area contributed by atoms with Crippen LogP contribution >= 0.6 is 69.6 Å². The van der Waals surface area contributed by atoms with Crippen LogP contribution in [0.25, 0.3) is 0 Å². The smallest absolute Gasteiger partial charge is 0.409 e. The number of carbonyl (C=O) groups excluding carboxylic acids is 10. The lowest BCUT2D eigenvalue weighted by Gasteiger charge is -2.19. The monoisotopic (exact) mass is 1450 g/mol. The van der Waals surface area contributed by atoms with Crippen molar-refractivity contribution in [2.75, 3.05) is 62.8 Å². The van der Waals surface area contributed by atoms with Crippen LogP contribution in [-0.2, 0) is 85.9 Å². The topological polar surface area (TPSA) is 335 Å². The summed E-state index contributed by atoms with van der Waals surface area (Å²) in [5.41, 5.74) is 5.44. The van der Waals surface area contributed by atoms with Crippen molar-refractivity contribution in [2.45, 2.75) is 117 Å². The highest BCUT2D eigenvalue weighted by atomic mass is 35.5. The van der Waals surface area contributed by atoms with E-state index in [4.69, 9.17) is 88.6 Å². The fraction of sp³-hybridized carbons (Fsp3) is 0.460. The molecule has 6 N–H and O–H groups in total. The summed E-state index contributed by atoms with van der Waals surface area (Å²) in [7, 11) is 0. The molecule has 6 amide bonds. The molecule has 4 aromatic rings. The number of halogens is 6. The van der Waals surface area contributed by atoms with Gasteiger partial charge in [-0.15, -0.1) is 0 Å². The molecule has 0 fully saturated rings. The molecule has 95 heavy (non-hydrogen) atoms. The van der Waals surface area contributed by atoms with Gasteiger partial charge in [0.2, 0.25) is 0 Å². The third-order valence-electron chi connectivity index (χ3n) is 11.9. The van der Waals surface area contributed by atoms with Crippen molar-refractivity contribution in [2.24, 2.45) is 5.92 Å². The van der Waals surface area contributed by atoms with E-state index in [9.17, 15) is 47.9 Å². The Kier molecular flexibility index (Phi) is 50.8. The third kappa shape index (κ3) is 42.2. The molecule has 32 heteroatoms. The average molecular weight is 1460 g/mol. The summed E-state index contributed by atoms with van der Waals surface area (Å²) in [6.45, 7) is 13.6. The maximum atomic E-state index is 11.8. The molecule has 0 heterocycles. The molecule has 5 atom stereocenters. The molecule has 0 saturated heterocycles. The third-order valence-corrected chi connectivity index (χ3v) is 12.5. The van der Waals surface area contributed by atoms with Crippen molar-refractivity contribution in [1.82, 2.24) is 31.9 Å². The number of amides is 6. The second-order valence-corrected chi connectivity index (χ2v) is 20.2. The molecular weight excluding hydrogens is 1370 g/mol. The second-order valence-electron chi connectivity index (χ2n) is 18.8. The minimum Gasteiger partial charge on any atom is -0.466 e. The van der Waals surface area contributed by atoms with Gasteiger partial charge in [0.1, 0.15) is 18.1 Å². The first-order valence-electron chi connectivity index (χ1n) is 29.4. The van der Waals surface area contributed by atoms with Crippen molar-refractivity contribution in [3.8, 4) is 0 Å². The van der Waals surface area contributed by atoms with E-state index >= 15 is 0 Å². The number of nitrogens with one attached hydrogen (secondary N) is 6. The summed E-state index contributed by atoms with van der Waals surface area (Å²) in [5, 5.41) is 15.1. The summed E-state index contributed by atoms with van der Waals surface area (Å²) >= 11 is 31.4. The largest absolute Gasteiger partial charge is 0.466 e. The zero-order valence-electron chi connectivity index (χ0n) is 53.7. The van der Waals surface area contributed by atoms with Crippen LogP contribution in [0.15, 0.2) is 115 Å². The van der Waals surface area contributed by atoms with E-state index in [2.05, 4.69) is 66.4 Å². The van der Waals surface area contributed by atoms with Crippen molar-refractivity contribution in [1.29, 1.82) is 0 Å². The van der Waals surface area contributed by atoms with Gasteiger partial charge in [-0.05, 0) is 87.6 Å². The van der Waals surface area contributed by atoms with Crippen LogP contribution in [-0.4, -0.2) is 141 Å². The maximum Gasteiger partial charge on any atom is 0.409 e. The molecule has 1 aliphatic rings. The lowest BCUT2D eigenvalue weighted by atomic mass is 10.1. The van der Waals surface area contributed by atoms with Gasteiger partial charge in [-0.25, -0.2) is 43.2 Å². The Morgan fingerprint density at radius 1 is 0.442 bits per heavy atom. The minimum absolute atomic E-state index is 0.0154. The highest BCUT2D eigenvalue weighted by molar-refractivity contribution is 6.18. The van der Waals surface area contributed by atoms with Crippen LogP contribution in [0.2, 0.25) is 0 Å². The van der Waals surface area contributed by atoms with E-state index in [1.807, 2.05) is 116 Å². The van der Waals surface area contributed by atoms with E-state index in [1.54, 1.807) is 41.5 Å². The quantitative estimate of drug-likeness (QED) is 0.0183. The zero-order chi connectivity index (χ0) is 71.2. The van der Waals surface area contributed by atoms with Gasteiger partial charge in [-0.3, -0.25) is 4.79 Å². The number of aryl methyl sites for hydroxylation is 1. The standard InChI is InChI=1S/C13H16ClNO4.C11H18ClNO6.C11H12ClNO2.C10H12ClNO2.C9H16ClNO4.C9H10ClNO2/c1-2-18-12(16)11(15-13(17)19-9-14)8-10-6-4-3-5-7-10;1-3-17-9(14)6-5-8(10(15)18-4-2)13-11(16)19-7-12;12-7-15-11(14)13-10-6-5-8-3-1-2-4-9(8)10;1-8(12-10(13)14-7-11)9-5-3-2-4-6-9;1-4-14-8(12)7(6(2)3)11-9(13)15-5-10;10-7-13-9(12)11-6-8-4-2-1-3-5-8/h3-7,11H,2,8-9H2,1H3,(H,15,17);8H,3-7H2,1-2H3,(H,13,16);1-4,10H,5-7H2,(H,13,14);2-6,8H,7H2,1H3,(H,12,13);6-7H,4-5H2,1-3H3,(H,11,13);1-5H,6-7H2,(H,11,12)/t;8-;;8-;;/m.0.0../s1. The van der Waals surface area contributed by atoms with Crippen LogP contribution in [0, 0.1) is 5.92 Å². The lowest BCUT2D eigenvalue weighted by Crippen LogP contribution is -2.45. The molecule has 1 aliphatic carbocycles. The predicted molar refractivity (Wildman–Crippen MR) is 357 cm³/mol. The SMILES string of the molecule is CCOC(=O)C(Cc1ccccc1)NC(=O)OCCl.CCOC(=O)C(NC(=O)OCCl)C(C)C.CCOC(=O)CC[C@H](NC(=O)OCCl)C(=O)OCC.C[C@H](NC(=O)OCCl)c1ccccc1.O=C(NC1CCc2ccccc21)OCCl.O=C(NCc1ccccc1)OCCl. The summed E-state index contributed by atoms with van der Waals surface area (Å²) in [6, 6.07) is 32.9. The molecular formula is C63H84Cl6N6O20. The van der Waals surface area contributed by atoms with Crippen molar-refractivity contribution < 1.29 is 95.3 Å². The molecule has 4 aromatic carbocycles. The molecule has 0 spiro atoms. The average Bonchev–Trinajstić information content (AvgIpc) is 1.71. The fourth-order valence-corrected chi connectivity index (χ4v) is 8.19. The lowest BCUT2D eigenvalue weighted by molar-refractivity contribution is -0.148. The van der Waals surface area contributed by atoms with Gasteiger partial charge in [-0.1, -0.05) is 199 Å². The maximum absolute atomic E-state index is 11.8. The van der Waals surface area contributed by atoms with E-state index in [0.29, 0.717) is 13.0 Å². The summed E-state index contributed by atoms with van der Waals surface area (Å²) in [4.78, 5) is 112. The summed E-state index contributed by atoms with van der Waals surface area (Å²) in [5.74, 6) is -2.15. The Bertz CT molecular complexity index is 2830. The minimum atomic E-state index is -0.972. The van der Waals surface area contributed by atoms with Crippen molar-refractivity contribution >= 4 is 130 Å². The molecule has 5 rings (SSSR count). The van der Waals surface area contributed by atoms with E-state index in [0.717, 1.165) is 29.5 Å². The zero-order valence-corrected chi connectivity index (χ0v) is 58.2. The Morgan fingerprint density at radius 2 is 0.853 bits per heavy atom. The first-order valence-corrected chi connectivity index (χ1v) is 32.6. The number of carbonyl (C=O) groups is 10. The predicted octanol–water partition coefficient (Wildman–Crippen LogP) is 12.1. The Labute approximate surface area is 583 Å². The van der Waals surface area contributed by atoms with Crippen LogP contribution in [0.1, 0.15) is 108 Å². The van der Waals surface area contributed by atoms with Crippen LogP contribution in [0.4, 0.5) is 28.8 Å². The van der Waals surface area contributed by atoms with Gasteiger partial charge in [0.05, 0.1) is 38.5 Å². The molecule has 0 bridgehead atoms. The molecule has 0 aromatic heterocycles. The van der Waals surface area contributed by atoms with Crippen LogP contribution in [0.5, 0.6) is 0 Å². The van der Waals surface area contributed by atoms with Crippen molar-refractivity contribution in [3.05, 3.63) is 143 Å². The number of fused-ring (bicyclic) bond motifs is 1. The number of hydrogen-bond donors (Lipinski definition) is 6. The Morgan fingerprint density at radius 3 is 1.35 bits per heavy atom. The Hall–Kier alpha value is -7.88. The van der Waals surface area contributed by atoms with Gasteiger partial charge in [0.15, 0.2) is 36.4 Å². The molecule has 3 unspecified atom stereocenters. The highest BCUT2D eigenvalue weighted by Gasteiger charge is 2.28. The summed E-state index contributed by atoms with van der Waals surface area (Å²) < 4.78 is 46.3. The van der Waals surface area contributed by atoms with Crippen molar-refractivity contribution in [3.63, 3.8) is 0 Å².